The van der Waals surface area contributed by atoms with Gasteiger partial charge in [0.15, 0.2) is 5.65 Å². The van der Waals surface area contributed by atoms with Gasteiger partial charge in [0.25, 0.3) is 5.56 Å². The van der Waals surface area contributed by atoms with Gasteiger partial charge in [-0.25, -0.2) is 9.78 Å². The van der Waals surface area contributed by atoms with Crippen LogP contribution in [0.25, 0.3) is 11.0 Å². The lowest BCUT2D eigenvalue weighted by Crippen LogP contribution is -2.37. The number of hydrogen-bond acceptors (Lipinski definition) is 5. The van der Waals surface area contributed by atoms with E-state index in [4.69, 9.17) is 11.6 Å². The van der Waals surface area contributed by atoms with Gasteiger partial charge in [0.1, 0.15) is 16.6 Å². The molecule has 0 spiro atoms. The normalized spacial score (nSPS) is 10.8. The maximum atomic E-state index is 11.9. The molecule has 0 bridgehead atoms. The molecule has 94 valence electrons. The third-order valence-electron chi connectivity index (χ3n) is 2.58. The van der Waals surface area contributed by atoms with Gasteiger partial charge >= 0.3 is 11.4 Å². The summed E-state index contributed by atoms with van der Waals surface area (Å²) in [4.78, 5) is 37.3. The molecule has 0 aliphatic rings. The van der Waals surface area contributed by atoms with E-state index in [0.717, 1.165) is 15.3 Å². The molecule has 0 N–H and O–H groups in total. The molecule has 2 aromatic heterocycles. The first kappa shape index (κ1) is 12.2. The van der Waals surface area contributed by atoms with Crippen LogP contribution >= 0.6 is 11.6 Å². The van der Waals surface area contributed by atoms with Gasteiger partial charge in [-0.3, -0.25) is 24.0 Å². The van der Waals surface area contributed by atoms with Crippen LogP contribution in [0, 0.1) is 10.1 Å². The summed E-state index contributed by atoms with van der Waals surface area (Å²) in [5.74, 6) is 0. The molecule has 2 rings (SSSR count). The van der Waals surface area contributed by atoms with Crippen molar-refractivity contribution in [1.82, 2.24) is 14.1 Å². The van der Waals surface area contributed by atoms with Crippen LogP contribution in [0.1, 0.15) is 0 Å². The fraction of sp³-hybridized carbons (Fsp3) is 0.222. The van der Waals surface area contributed by atoms with Gasteiger partial charge in [-0.05, 0) is 0 Å². The number of aromatic nitrogens is 3. The van der Waals surface area contributed by atoms with E-state index >= 15 is 0 Å². The molecule has 0 saturated carbocycles. The minimum Gasteiger partial charge on any atom is -0.280 e. The van der Waals surface area contributed by atoms with E-state index in [1.54, 1.807) is 0 Å². The van der Waals surface area contributed by atoms with Crippen molar-refractivity contribution in [2.45, 2.75) is 0 Å². The monoisotopic (exact) mass is 270 g/mol. The van der Waals surface area contributed by atoms with Crippen molar-refractivity contribution in [2.75, 3.05) is 0 Å². The summed E-state index contributed by atoms with van der Waals surface area (Å²) in [6, 6.07) is 0. The van der Waals surface area contributed by atoms with Crippen LogP contribution in [0.4, 0.5) is 5.69 Å². The Bertz CT molecular complexity index is 792. The molecule has 2 heterocycles. The van der Waals surface area contributed by atoms with Crippen LogP contribution in [0.2, 0.25) is 5.02 Å². The second-order valence-electron chi connectivity index (χ2n) is 3.62. The lowest BCUT2D eigenvalue weighted by atomic mass is 10.3. The highest BCUT2D eigenvalue weighted by Gasteiger charge is 2.21. The van der Waals surface area contributed by atoms with Gasteiger partial charge in [0.2, 0.25) is 0 Å². The van der Waals surface area contributed by atoms with Crippen LogP contribution in [-0.4, -0.2) is 19.0 Å². The number of fused-ring (bicyclic) bond motifs is 1. The molecule has 0 fully saturated rings. The number of pyridine rings is 1. The molecular weight excluding hydrogens is 264 g/mol. The standard InChI is InChI=1S/C9H7ClN4O4/c1-12-7-5(8(15)13(2)9(12)16)6(10)4(3-11-7)14(17)18/h3H,1-2H3. The molecule has 0 amide bonds. The lowest BCUT2D eigenvalue weighted by Gasteiger charge is -2.07. The molecule has 0 aromatic carbocycles. The van der Waals surface area contributed by atoms with Gasteiger partial charge in [-0.15, -0.1) is 0 Å². The van der Waals surface area contributed by atoms with Crippen LogP contribution in [0.5, 0.6) is 0 Å². The number of hydrogen-bond donors (Lipinski definition) is 0. The first-order valence-corrected chi connectivity index (χ1v) is 5.12. The first-order chi connectivity index (χ1) is 8.36. The predicted octanol–water partition coefficient (Wildman–Crippen LogP) is 0.194. The zero-order chi connectivity index (χ0) is 13.6. The Morgan fingerprint density at radius 1 is 1.33 bits per heavy atom. The van der Waals surface area contributed by atoms with Crippen molar-refractivity contribution >= 4 is 28.3 Å². The second-order valence-corrected chi connectivity index (χ2v) is 4.00. The van der Waals surface area contributed by atoms with Crippen molar-refractivity contribution < 1.29 is 4.92 Å². The van der Waals surface area contributed by atoms with Crippen LogP contribution in [0.3, 0.4) is 0 Å². The maximum Gasteiger partial charge on any atom is 0.332 e. The van der Waals surface area contributed by atoms with E-state index < -0.39 is 21.9 Å². The highest BCUT2D eigenvalue weighted by atomic mass is 35.5. The predicted molar refractivity (Wildman–Crippen MR) is 63.9 cm³/mol. The van der Waals surface area contributed by atoms with E-state index in [1.807, 2.05) is 0 Å². The van der Waals surface area contributed by atoms with Gasteiger partial charge in [-0.2, -0.15) is 0 Å². The quantitative estimate of drug-likeness (QED) is 0.544. The Kier molecular flexibility index (Phi) is 2.66. The lowest BCUT2D eigenvalue weighted by molar-refractivity contribution is -0.384. The molecule has 0 aliphatic carbocycles. The molecular formula is C9H7ClN4O4. The Morgan fingerprint density at radius 3 is 2.50 bits per heavy atom. The molecule has 0 aliphatic heterocycles. The van der Waals surface area contributed by atoms with E-state index in [0.29, 0.717) is 0 Å². The van der Waals surface area contributed by atoms with Crippen LogP contribution in [0.15, 0.2) is 15.8 Å². The van der Waals surface area contributed by atoms with Crippen LogP contribution < -0.4 is 11.2 Å². The minimum absolute atomic E-state index is 0.0127. The Hall–Kier alpha value is -2.22. The van der Waals surface area contributed by atoms with Crippen molar-refractivity contribution in [1.29, 1.82) is 0 Å². The zero-order valence-electron chi connectivity index (χ0n) is 9.38. The summed E-state index contributed by atoms with van der Waals surface area (Å²) >= 11 is 5.83. The van der Waals surface area contributed by atoms with Crippen LogP contribution in [-0.2, 0) is 14.1 Å². The summed E-state index contributed by atoms with van der Waals surface area (Å²) in [7, 11) is 2.67. The second kappa shape index (κ2) is 3.91. The Labute approximate surface area is 104 Å². The average molecular weight is 271 g/mol. The molecule has 0 atom stereocenters. The van der Waals surface area contributed by atoms with Crippen molar-refractivity contribution in [3.8, 4) is 0 Å². The summed E-state index contributed by atoms with van der Waals surface area (Å²) in [6.07, 6.45) is 0.920. The summed E-state index contributed by atoms with van der Waals surface area (Å²) in [6.45, 7) is 0. The van der Waals surface area contributed by atoms with E-state index in [-0.39, 0.29) is 16.1 Å². The van der Waals surface area contributed by atoms with Crippen molar-refractivity contribution in [3.05, 3.63) is 42.2 Å². The Balaban J connectivity index is 3.14. The molecule has 18 heavy (non-hydrogen) atoms. The molecule has 0 radical (unpaired) electrons. The number of nitrogens with zero attached hydrogens (tertiary/aromatic N) is 4. The largest absolute Gasteiger partial charge is 0.332 e. The van der Waals surface area contributed by atoms with Crippen molar-refractivity contribution in [2.24, 2.45) is 14.1 Å². The highest BCUT2D eigenvalue weighted by Crippen LogP contribution is 2.27. The third kappa shape index (κ3) is 1.50. The maximum absolute atomic E-state index is 11.9. The molecule has 8 nitrogen and oxygen atoms in total. The third-order valence-corrected chi connectivity index (χ3v) is 2.97. The minimum atomic E-state index is -0.737. The van der Waals surface area contributed by atoms with E-state index in [1.165, 1.54) is 14.1 Å². The molecule has 2 aromatic rings. The fourth-order valence-corrected chi connectivity index (χ4v) is 1.89. The van der Waals surface area contributed by atoms with Gasteiger partial charge in [0.05, 0.1) is 4.92 Å². The van der Waals surface area contributed by atoms with Crippen molar-refractivity contribution in [3.63, 3.8) is 0 Å². The smallest absolute Gasteiger partial charge is 0.280 e. The Morgan fingerprint density at radius 2 is 1.94 bits per heavy atom. The molecule has 0 saturated heterocycles. The number of nitro groups is 1. The number of aryl methyl sites for hydroxylation is 1. The first-order valence-electron chi connectivity index (χ1n) is 4.75. The highest BCUT2D eigenvalue weighted by molar-refractivity contribution is 6.37. The number of halogens is 1. The van der Waals surface area contributed by atoms with E-state index in [9.17, 15) is 19.7 Å². The van der Waals surface area contributed by atoms with E-state index in [2.05, 4.69) is 4.98 Å². The molecule has 0 unspecified atom stereocenters. The summed E-state index contributed by atoms with van der Waals surface area (Å²) in [5.41, 5.74) is -1.75. The fourth-order valence-electron chi connectivity index (χ4n) is 1.61. The average Bonchev–Trinajstić information content (AvgIpc) is 2.32. The molecule has 9 heteroatoms. The van der Waals surface area contributed by atoms with Gasteiger partial charge in [0, 0.05) is 14.1 Å². The summed E-state index contributed by atoms with van der Waals surface area (Å²) < 4.78 is 1.92. The van der Waals surface area contributed by atoms with Gasteiger partial charge in [-0.1, -0.05) is 11.6 Å². The van der Waals surface area contributed by atoms with Gasteiger partial charge < -0.3 is 0 Å². The zero-order valence-corrected chi connectivity index (χ0v) is 10.1. The summed E-state index contributed by atoms with van der Waals surface area (Å²) in [5, 5.41) is 10.3. The number of rotatable bonds is 1. The SMILES string of the molecule is Cn1c(=O)c2c(Cl)c([N+](=O)[O-])cnc2n(C)c1=O. The topological polar surface area (TPSA) is 100 Å².